The minimum atomic E-state index is -0.191. The Balaban J connectivity index is 1.69. The third kappa shape index (κ3) is 6.04. The molecule has 0 spiro atoms. The molecule has 26 heavy (non-hydrogen) atoms. The Morgan fingerprint density at radius 3 is 2.69 bits per heavy atom. The molecule has 0 saturated carbocycles. The molecule has 140 valence electrons. The number of methoxy groups -OCH3 is 1. The zero-order valence-corrected chi connectivity index (χ0v) is 15.5. The summed E-state index contributed by atoms with van der Waals surface area (Å²) in [5.74, 6) is 1.31. The van der Waals surface area contributed by atoms with E-state index < -0.39 is 0 Å². The number of benzene rings is 2. The van der Waals surface area contributed by atoms with Crippen LogP contribution in [0.3, 0.4) is 0 Å². The molecule has 0 aromatic heterocycles. The molecule has 6 heteroatoms. The molecule has 2 N–H and O–H groups in total. The lowest BCUT2D eigenvalue weighted by atomic mass is 10.1. The van der Waals surface area contributed by atoms with Crippen molar-refractivity contribution in [2.45, 2.75) is 20.1 Å². The molecule has 0 heterocycles. The Morgan fingerprint density at radius 1 is 1.15 bits per heavy atom. The van der Waals surface area contributed by atoms with Gasteiger partial charge in [0.05, 0.1) is 20.3 Å². The molecule has 0 unspecified atom stereocenters. The van der Waals surface area contributed by atoms with Crippen molar-refractivity contribution < 1.29 is 13.9 Å². The van der Waals surface area contributed by atoms with Crippen LogP contribution in [0.2, 0.25) is 0 Å². The minimum absolute atomic E-state index is 0.191. The number of nitrogens with one attached hydrogen (secondary N) is 2. The molecule has 2 aromatic rings. The van der Waals surface area contributed by atoms with Crippen molar-refractivity contribution in [3.63, 3.8) is 0 Å². The number of aryl methyl sites for hydroxylation is 1. The average molecular weight is 359 g/mol. The fourth-order valence-electron chi connectivity index (χ4n) is 2.47. The third-order valence-corrected chi connectivity index (χ3v) is 3.89. The monoisotopic (exact) mass is 359 g/mol. The molecule has 0 bridgehead atoms. The highest BCUT2D eigenvalue weighted by molar-refractivity contribution is 5.79. The van der Waals surface area contributed by atoms with Gasteiger partial charge >= 0.3 is 0 Å². The van der Waals surface area contributed by atoms with Crippen LogP contribution in [0.4, 0.5) is 4.39 Å². The summed E-state index contributed by atoms with van der Waals surface area (Å²) in [5.41, 5.74) is 2.65. The molecule has 0 radical (unpaired) electrons. The number of guanidine groups is 1. The van der Waals surface area contributed by atoms with Crippen molar-refractivity contribution in [3.05, 3.63) is 65.0 Å². The summed E-state index contributed by atoms with van der Waals surface area (Å²) in [6.45, 7) is 3.98. The van der Waals surface area contributed by atoms with Crippen molar-refractivity contribution in [1.82, 2.24) is 10.6 Å². The maximum absolute atomic E-state index is 13.3. The smallest absolute Gasteiger partial charge is 0.191 e. The van der Waals surface area contributed by atoms with Crippen molar-refractivity contribution in [1.29, 1.82) is 0 Å². The molecule has 5 nitrogen and oxygen atoms in total. The lowest BCUT2D eigenvalue weighted by Gasteiger charge is -2.13. The van der Waals surface area contributed by atoms with Gasteiger partial charge in [0, 0.05) is 25.7 Å². The van der Waals surface area contributed by atoms with Crippen LogP contribution >= 0.6 is 0 Å². The van der Waals surface area contributed by atoms with E-state index in [0.29, 0.717) is 37.8 Å². The van der Waals surface area contributed by atoms with E-state index in [9.17, 15) is 4.39 Å². The topological polar surface area (TPSA) is 54.9 Å². The summed E-state index contributed by atoms with van der Waals surface area (Å²) in [4.78, 5) is 4.17. The lowest BCUT2D eigenvalue weighted by Crippen LogP contribution is -2.38. The van der Waals surface area contributed by atoms with Gasteiger partial charge in [-0.05, 0) is 30.2 Å². The van der Waals surface area contributed by atoms with E-state index in [4.69, 9.17) is 9.47 Å². The van der Waals surface area contributed by atoms with E-state index >= 15 is 0 Å². The maximum Gasteiger partial charge on any atom is 0.191 e. The largest absolute Gasteiger partial charge is 0.496 e. The molecule has 0 atom stereocenters. The quantitative estimate of drug-likeness (QED) is 0.432. The first-order valence-corrected chi connectivity index (χ1v) is 8.53. The van der Waals surface area contributed by atoms with Crippen LogP contribution < -0.4 is 15.4 Å². The molecule has 0 amide bonds. The Hall–Kier alpha value is -2.60. The predicted octanol–water partition coefficient (Wildman–Crippen LogP) is 3.02. The minimum Gasteiger partial charge on any atom is -0.496 e. The summed E-state index contributed by atoms with van der Waals surface area (Å²) < 4.78 is 24.3. The second-order valence-corrected chi connectivity index (χ2v) is 5.80. The van der Waals surface area contributed by atoms with Crippen LogP contribution in [0.15, 0.2) is 47.5 Å². The number of nitrogens with zero attached hydrogens (tertiary/aromatic N) is 1. The fraction of sp³-hybridized carbons (Fsp3) is 0.350. The van der Waals surface area contributed by atoms with Crippen LogP contribution in [-0.4, -0.2) is 33.3 Å². The van der Waals surface area contributed by atoms with Gasteiger partial charge in [-0.25, -0.2) is 4.39 Å². The summed E-state index contributed by atoms with van der Waals surface area (Å²) in [6, 6.07) is 12.9. The van der Waals surface area contributed by atoms with Crippen LogP contribution in [0.5, 0.6) is 5.75 Å². The number of hydrogen-bond donors (Lipinski definition) is 2. The number of rotatable bonds is 8. The molecule has 0 aliphatic rings. The number of halogens is 1. The maximum atomic E-state index is 13.3. The molecule has 2 aromatic carbocycles. The first kappa shape index (κ1) is 19.7. The standard InChI is InChI=1S/C20H26FN3O2/c1-15-12-16(8-9-18(15)21)13-24-20(22-2)23-10-11-26-14-17-6-4-5-7-19(17)25-3/h4-9,12H,10-11,13-14H2,1-3H3,(H2,22,23,24). The SMILES string of the molecule is CN=C(NCCOCc1ccccc1OC)NCc1ccc(F)c(C)c1. The number of ether oxygens (including phenoxy) is 2. The number of hydrogen-bond acceptors (Lipinski definition) is 3. The van der Waals surface area contributed by atoms with Gasteiger partial charge in [-0.15, -0.1) is 0 Å². The van der Waals surface area contributed by atoms with Gasteiger partial charge in [-0.1, -0.05) is 30.3 Å². The van der Waals surface area contributed by atoms with Crippen LogP contribution in [0.1, 0.15) is 16.7 Å². The van der Waals surface area contributed by atoms with E-state index in [1.165, 1.54) is 6.07 Å². The predicted molar refractivity (Wildman–Crippen MR) is 102 cm³/mol. The summed E-state index contributed by atoms with van der Waals surface area (Å²) in [6.07, 6.45) is 0. The summed E-state index contributed by atoms with van der Waals surface area (Å²) in [7, 11) is 3.36. The molecule has 0 aliphatic carbocycles. The highest BCUT2D eigenvalue weighted by Gasteiger charge is 2.03. The number of para-hydroxylation sites is 1. The van der Waals surface area contributed by atoms with E-state index in [-0.39, 0.29) is 5.82 Å². The Kier molecular flexibility index (Phi) is 7.89. The van der Waals surface area contributed by atoms with E-state index in [2.05, 4.69) is 15.6 Å². The first-order valence-electron chi connectivity index (χ1n) is 8.53. The van der Waals surface area contributed by atoms with Gasteiger partial charge in [-0.2, -0.15) is 0 Å². The third-order valence-electron chi connectivity index (χ3n) is 3.89. The zero-order chi connectivity index (χ0) is 18.8. The van der Waals surface area contributed by atoms with Crippen molar-refractivity contribution in [3.8, 4) is 5.75 Å². The highest BCUT2D eigenvalue weighted by atomic mass is 19.1. The van der Waals surface area contributed by atoms with Crippen LogP contribution in [-0.2, 0) is 17.9 Å². The second-order valence-electron chi connectivity index (χ2n) is 5.80. The van der Waals surface area contributed by atoms with Gasteiger partial charge in [0.1, 0.15) is 11.6 Å². The zero-order valence-electron chi connectivity index (χ0n) is 15.5. The van der Waals surface area contributed by atoms with Gasteiger partial charge in [-0.3, -0.25) is 4.99 Å². The Bertz CT molecular complexity index is 735. The molecular formula is C20H26FN3O2. The molecular weight excluding hydrogens is 333 g/mol. The van der Waals surface area contributed by atoms with Crippen molar-refractivity contribution >= 4 is 5.96 Å². The molecule has 0 fully saturated rings. The Labute approximate surface area is 154 Å². The van der Waals surface area contributed by atoms with Crippen molar-refractivity contribution in [2.24, 2.45) is 4.99 Å². The fourth-order valence-corrected chi connectivity index (χ4v) is 2.47. The number of aliphatic imine (C=N–C) groups is 1. The lowest BCUT2D eigenvalue weighted by molar-refractivity contribution is 0.123. The van der Waals surface area contributed by atoms with Gasteiger partial charge in [0.25, 0.3) is 0 Å². The molecule has 0 aliphatic heterocycles. The van der Waals surface area contributed by atoms with Gasteiger partial charge < -0.3 is 20.1 Å². The van der Waals surface area contributed by atoms with Crippen LogP contribution in [0.25, 0.3) is 0 Å². The van der Waals surface area contributed by atoms with Crippen molar-refractivity contribution in [2.75, 3.05) is 27.3 Å². The summed E-state index contributed by atoms with van der Waals surface area (Å²) in [5, 5.41) is 6.39. The second kappa shape index (κ2) is 10.4. The summed E-state index contributed by atoms with van der Waals surface area (Å²) >= 11 is 0. The molecule has 2 rings (SSSR count). The molecule has 0 saturated heterocycles. The normalized spacial score (nSPS) is 11.3. The highest BCUT2D eigenvalue weighted by Crippen LogP contribution is 2.17. The van der Waals surface area contributed by atoms with Gasteiger partial charge in [0.2, 0.25) is 0 Å². The van der Waals surface area contributed by atoms with E-state index in [1.807, 2.05) is 30.3 Å². The Morgan fingerprint density at radius 2 is 1.96 bits per heavy atom. The van der Waals surface area contributed by atoms with Gasteiger partial charge in [0.15, 0.2) is 5.96 Å². The van der Waals surface area contributed by atoms with Crippen LogP contribution in [0, 0.1) is 12.7 Å². The first-order chi connectivity index (χ1) is 12.6. The van der Waals surface area contributed by atoms with E-state index in [0.717, 1.165) is 16.9 Å². The average Bonchev–Trinajstić information content (AvgIpc) is 2.67. The van der Waals surface area contributed by atoms with E-state index in [1.54, 1.807) is 27.1 Å².